The van der Waals surface area contributed by atoms with Crippen LogP contribution in [0, 0.1) is 0 Å². The first kappa shape index (κ1) is 14.3. The summed E-state index contributed by atoms with van der Waals surface area (Å²) in [5.41, 5.74) is 0. The van der Waals surface area contributed by atoms with Crippen LogP contribution in [-0.2, 0) is 11.3 Å². The maximum absolute atomic E-state index is 12.1. The molecule has 110 valence electrons. The van der Waals surface area contributed by atoms with E-state index in [4.69, 9.17) is 5.11 Å². The fourth-order valence-electron chi connectivity index (χ4n) is 2.41. The number of hydrogen-bond donors (Lipinski definition) is 2. The smallest absolute Gasteiger partial charge is 0.317 e. The number of carboxylic acids is 1. The number of nitrogens with zero attached hydrogens (tertiary/aromatic N) is 4. The lowest BCUT2D eigenvalue weighted by Crippen LogP contribution is -2.49. The number of likely N-dealkylation sites (tertiary alicyclic amines) is 1. The summed E-state index contributed by atoms with van der Waals surface area (Å²) >= 11 is 0. The van der Waals surface area contributed by atoms with E-state index < -0.39 is 5.97 Å². The lowest BCUT2D eigenvalue weighted by Gasteiger charge is -2.34. The Morgan fingerprint density at radius 1 is 1.40 bits per heavy atom. The van der Waals surface area contributed by atoms with Crippen molar-refractivity contribution in [2.45, 2.75) is 38.3 Å². The number of carboxylic acid groups (broad SMARTS) is 1. The van der Waals surface area contributed by atoms with Crippen molar-refractivity contribution in [1.82, 2.24) is 25.2 Å². The number of carbonyl (C=O) groups excluding carboxylic acids is 1. The Labute approximate surface area is 116 Å². The molecule has 1 aromatic heterocycles. The van der Waals surface area contributed by atoms with Crippen LogP contribution in [-0.4, -0.2) is 56.1 Å². The molecule has 8 heteroatoms. The molecule has 0 aliphatic carbocycles. The molecule has 1 aliphatic rings. The second kappa shape index (κ2) is 6.88. The topological polar surface area (TPSA) is 100 Å². The van der Waals surface area contributed by atoms with Crippen LogP contribution in [0.15, 0.2) is 12.4 Å². The summed E-state index contributed by atoms with van der Waals surface area (Å²) in [7, 11) is 0. The molecule has 20 heavy (non-hydrogen) atoms. The van der Waals surface area contributed by atoms with Crippen LogP contribution in [0.3, 0.4) is 0 Å². The molecule has 1 saturated heterocycles. The van der Waals surface area contributed by atoms with Gasteiger partial charge in [0.1, 0.15) is 0 Å². The minimum absolute atomic E-state index is 0.0104. The van der Waals surface area contributed by atoms with Crippen molar-refractivity contribution in [3.63, 3.8) is 0 Å². The van der Waals surface area contributed by atoms with E-state index >= 15 is 0 Å². The summed E-state index contributed by atoms with van der Waals surface area (Å²) in [6, 6.07) is -0.399. The minimum Gasteiger partial charge on any atom is -0.481 e. The molecule has 0 radical (unpaired) electrons. The summed E-state index contributed by atoms with van der Waals surface area (Å²) < 4.78 is 1.63. The maximum atomic E-state index is 12.1. The van der Waals surface area contributed by atoms with Gasteiger partial charge in [0.2, 0.25) is 0 Å². The van der Waals surface area contributed by atoms with Crippen molar-refractivity contribution in [3.8, 4) is 0 Å². The van der Waals surface area contributed by atoms with Crippen molar-refractivity contribution in [3.05, 3.63) is 12.4 Å². The van der Waals surface area contributed by atoms with Crippen molar-refractivity contribution >= 4 is 12.0 Å². The zero-order valence-electron chi connectivity index (χ0n) is 11.2. The highest BCUT2D eigenvalue weighted by Gasteiger charge is 2.28. The quantitative estimate of drug-likeness (QED) is 0.809. The summed E-state index contributed by atoms with van der Waals surface area (Å²) in [6.07, 6.45) is 5.96. The van der Waals surface area contributed by atoms with E-state index in [2.05, 4.69) is 15.6 Å². The third-order valence-corrected chi connectivity index (χ3v) is 3.39. The SMILES string of the molecule is O=C(O)CC1CCCCN1C(=O)NCCn1ccnn1. The number of aromatic nitrogens is 3. The molecule has 2 N–H and O–H groups in total. The van der Waals surface area contributed by atoms with E-state index in [0.29, 0.717) is 19.6 Å². The first-order chi connectivity index (χ1) is 9.66. The van der Waals surface area contributed by atoms with Gasteiger partial charge in [0.25, 0.3) is 0 Å². The van der Waals surface area contributed by atoms with E-state index in [1.54, 1.807) is 22.0 Å². The third kappa shape index (κ3) is 3.94. The van der Waals surface area contributed by atoms with Crippen molar-refractivity contribution in [1.29, 1.82) is 0 Å². The Balaban J connectivity index is 1.81. The van der Waals surface area contributed by atoms with Crippen LogP contribution < -0.4 is 5.32 Å². The Morgan fingerprint density at radius 3 is 2.95 bits per heavy atom. The summed E-state index contributed by atoms with van der Waals surface area (Å²) in [4.78, 5) is 24.6. The second-order valence-electron chi connectivity index (χ2n) is 4.84. The second-order valence-corrected chi connectivity index (χ2v) is 4.84. The highest BCUT2D eigenvalue weighted by molar-refractivity contribution is 5.76. The maximum Gasteiger partial charge on any atom is 0.317 e. The van der Waals surface area contributed by atoms with Gasteiger partial charge in [-0.15, -0.1) is 5.10 Å². The molecule has 1 atom stereocenters. The fourth-order valence-corrected chi connectivity index (χ4v) is 2.41. The van der Waals surface area contributed by atoms with Gasteiger partial charge in [-0.05, 0) is 19.3 Å². The van der Waals surface area contributed by atoms with Crippen molar-refractivity contribution in [2.75, 3.05) is 13.1 Å². The highest BCUT2D eigenvalue weighted by Crippen LogP contribution is 2.19. The molecule has 8 nitrogen and oxygen atoms in total. The molecule has 2 rings (SSSR count). The molecule has 2 heterocycles. The molecular weight excluding hydrogens is 262 g/mol. The number of piperidine rings is 1. The Bertz CT molecular complexity index is 448. The van der Waals surface area contributed by atoms with E-state index in [1.807, 2.05) is 0 Å². The third-order valence-electron chi connectivity index (χ3n) is 3.39. The van der Waals surface area contributed by atoms with Crippen LogP contribution in [0.4, 0.5) is 4.79 Å². The van der Waals surface area contributed by atoms with Crippen LogP contribution in [0.2, 0.25) is 0 Å². The lowest BCUT2D eigenvalue weighted by molar-refractivity contribution is -0.138. The molecule has 1 aliphatic heterocycles. The number of rotatable bonds is 5. The molecule has 0 aromatic carbocycles. The van der Waals surface area contributed by atoms with Crippen molar-refractivity contribution < 1.29 is 14.7 Å². The molecule has 2 amide bonds. The van der Waals surface area contributed by atoms with E-state index in [9.17, 15) is 9.59 Å². The molecular formula is C12H19N5O3. The van der Waals surface area contributed by atoms with Gasteiger partial charge in [-0.2, -0.15) is 0 Å². The number of nitrogens with one attached hydrogen (secondary N) is 1. The van der Waals surface area contributed by atoms with Gasteiger partial charge in [0, 0.05) is 25.3 Å². The molecule has 1 unspecified atom stereocenters. The van der Waals surface area contributed by atoms with Crippen molar-refractivity contribution in [2.24, 2.45) is 0 Å². The minimum atomic E-state index is -0.864. The van der Waals surface area contributed by atoms with Crippen LogP contribution in [0.5, 0.6) is 0 Å². The number of hydrogen-bond acceptors (Lipinski definition) is 4. The van der Waals surface area contributed by atoms with Crippen LogP contribution in [0.1, 0.15) is 25.7 Å². The number of carbonyl (C=O) groups is 2. The van der Waals surface area contributed by atoms with Gasteiger partial charge in [0.05, 0.1) is 19.2 Å². The van der Waals surface area contributed by atoms with E-state index in [-0.39, 0.29) is 18.5 Å². The number of aliphatic carboxylic acids is 1. The van der Waals surface area contributed by atoms with Gasteiger partial charge >= 0.3 is 12.0 Å². The molecule has 0 spiro atoms. The van der Waals surface area contributed by atoms with Gasteiger partial charge in [-0.25, -0.2) is 4.79 Å². The molecule has 1 fully saturated rings. The number of amides is 2. The summed E-state index contributed by atoms with van der Waals surface area (Å²) in [5.74, 6) is -0.864. The van der Waals surface area contributed by atoms with E-state index in [1.165, 1.54) is 0 Å². The first-order valence-electron chi connectivity index (χ1n) is 6.77. The van der Waals surface area contributed by atoms with Crippen LogP contribution >= 0.6 is 0 Å². The zero-order chi connectivity index (χ0) is 14.4. The average Bonchev–Trinajstić information content (AvgIpc) is 2.91. The van der Waals surface area contributed by atoms with Gasteiger partial charge in [-0.1, -0.05) is 5.21 Å². The molecule has 1 aromatic rings. The summed E-state index contributed by atoms with van der Waals surface area (Å²) in [6.45, 7) is 1.61. The largest absolute Gasteiger partial charge is 0.481 e. The lowest BCUT2D eigenvalue weighted by atomic mass is 10.00. The van der Waals surface area contributed by atoms with Gasteiger partial charge < -0.3 is 15.3 Å². The van der Waals surface area contributed by atoms with E-state index in [0.717, 1.165) is 19.3 Å². The summed E-state index contributed by atoms with van der Waals surface area (Å²) in [5, 5.41) is 19.2. The predicted molar refractivity (Wildman–Crippen MR) is 70.0 cm³/mol. The predicted octanol–water partition coefficient (Wildman–Crippen LogP) is 0.317. The van der Waals surface area contributed by atoms with Gasteiger partial charge in [-0.3, -0.25) is 9.48 Å². The average molecular weight is 281 g/mol. The van der Waals surface area contributed by atoms with Crippen LogP contribution in [0.25, 0.3) is 0 Å². The fraction of sp³-hybridized carbons (Fsp3) is 0.667. The van der Waals surface area contributed by atoms with Gasteiger partial charge in [0.15, 0.2) is 0 Å². The monoisotopic (exact) mass is 281 g/mol. The first-order valence-corrected chi connectivity index (χ1v) is 6.77. The molecule has 0 bridgehead atoms. The normalized spacial score (nSPS) is 18.8. The Morgan fingerprint density at radius 2 is 2.25 bits per heavy atom. The molecule has 0 saturated carbocycles. The Kier molecular flexibility index (Phi) is 4.91. The Hall–Kier alpha value is -2.12. The highest BCUT2D eigenvalue weighted by atomic mass is 16.4. The number of urea groups is 1. The standard InChI is InChI=1S/C12H19N5O3/c18-11(19)9-10-3-1-2-6-17(10)12(20)13-4-7-16-8-5-14-15-16/h5,8,10H,1-4,6-7,9H2,(H,13,20)(H,18,19). The zero-order valence-corrected chi connectivity index (χ0v) is 11.2.